The highest BCUT2D eigenvalue weighted by molar-refractivity contribution is 7.13. The fourth-order valence-electron chi connectivity index (χ4n) is 1.85. The van der Waals surface area contributed by atoms with Crippen molar-refractivity contribution in [3.05, 3.63) is 41.4 Å². The van der Waals surface area contributed by atoms with Gasteiger partial charge in [-0.1, -0.05) is 6.07 Å². The zero-order valence-electron chi connectivity index (χ0n) is 9.20. The number of fused-ring (bicyclic) bond motifs is 1. The van der Waals surface area contributed by atoms with Gasteiger partial charge in [-0.3, -0.25) is 4.40 Å². The van der Waals surface area contributed by atoms with Gasteiger partial charge < -0.3 is 10.8 Å². The van der Waals surface area contributed by atoms with Crippen LogP contribution in [0.4, 0.5) is 5.82 Å². The lowest BCUT2D eigenvalue weighted by Gasteiger charge is -1.98. The Kier molecular flexibility index (Phi) is 2.31. The van der Waals surface area contributed by atoms with Gasteiger partial charge in [-0.2, -0.15) is 0 Å². The van der Waals surface area contributed by atoms with Gasteiger partial charge in [-0.15, -0.1) is 11.3 Å². The third kappa shape index (κ3) is 1.46. The highest BCUT2D eigenvalue weighted by Crippen LogP contribution is 2.30. The maximum Gasteiger partial charge on any atom is 0.339 e. The van der Waals surface area contributed by atoms with Gasteiger partial charge in [0.1, 0.15) is 17.1 Å². The summed E-state index contributed by atoms with van der Waals surface area (Å²) in [6.07, 6.45) is 1.71. The zero-order valence-corrected chi connectivity index (χ0v) is 10.0. The summed E-state index contributed by atoms with van der Waals surface area (Å²) in [4.78, 5) is 16.4. The molecule has 0 aliphatic carbocycles. The smallest absolute Gasteiger partial charge is 0.339 e. The first-order valence-corrected chi connectivity index (χ1v) is 6.10. The lowest BCUT2D eigenvalue weighted by molar-refractivity contribution is 0.0698. The molecule has 3 rings (SSSR count). The Morgan fingerprint density at radius 1 is 1.39 bits per heavy atom. The minimum Gasteiger partial charge on any atom is -0.478 e. The Bertz CT molecular complexity index is 731. The number of thiophene rings is 1. The number of nitrogens with zero attached hydrogens (tertiary/aromatic N) is 2. The van der Waals surface area contributed by atoms with Crippen LogP contribution < -0.4 is 5.73 Å². The Hall–Kier alpha value is -2.34. The van der Waals surface area contributed by atoms with E-state index in [-0.39, 0.29) is 5.56 Å². The van der Waals surface area contributed by atoms with E-state index < -0.39 is 5.97 Å². The number of anilines is 1. The van der Waals surface area contributed by atoms with Crippen molar-refractivity contribution in [3.63, 3.8) is 0 Å². The summed E-state index contributed by atoms with van der Waals surface area (Å²) in [6.45, 7) is 0. The van der Waals surface area contributed by atoms with Crippen molar-refractivity contribution in [3.8, 4) is 10.6 Å². The number of hydrogen-bond acceptors (Lipinski definition) is 4. The molecule has 18 heavy (non-hydrogen) atoms. The first kappa shape index (κ1) is 10.8. The van der Waals surface area contributed by atoms with E-state index in [2.05, 4.69) is 4.98 Å². The Labute approximate surface area is 106 Å². The van der Waals surface area contributed by atoms with Crippen molar-refractivity contribution in [1.82, 2.24) is 9.38 Å². The number of carbonyl (C=O) groups is 1. The van der Waals surface area contributed by atoms with Crippen LogP contribution in [0.2, 0.25) is 0 Å². The van der Waals surface area contributed by atoms with Crippen molar-refractivity contribution in [2.75, 3.05) is 5.73 Å². The van der Waals surface area contributed by atoms with E-state index in [1.54, 1.807) is 16.7 Å². The molecule has 0 aromatic carbocycles. The van der Waals surface area contributed by atoms with E-state index in [1.165, 1.54) is 17.4 Å². The average molecular weight is 259 g/mol. The fraction of sp³-hybridized carbons (Fsp3) is 0. The molecule has 0 fully saturated rings. The van der Waals surface area contributed by atoms with Gasteiger partial charge in [-0.05, 0) is 23.6 Å². The predicted molar refractivity (Wildman–Crippen MR) is 69.9 cm³/mol. The van der Waals surface area contributed by atoms with E-state index in [9.17, 15) is 4.79 Å². The van der Waals surface area contributed by atoms with Crippen LogP contribution in [0.5, 0.6) is 0 Å². The number of hydrogen-bond donors (Lipinski definition) is 2. The number of nitrogen functional groups attached to an aromatic ring is 1. The van der Waals surface area contributed by atoms with Crippen molar-refractivity contribution in [2.24, 2.45) is 0 Å². The molecule has 0 unspecified atom stereocenters. The molecule has 3 heterocycles. The quantitative estimate of drug-likeness (QED) is 0.740. The molecule has 0 aliphatic heterocycles. The fourth-order valence-corrected chi connectivity index (χ4v) is 2.57. The van der Waals surface area contributed by atoms with Gasteiger partial charge in [0.15, 0.2) is 5.65 Å². The van der Waals surface area contributed by atoms with Gasteiger partial charge in [0.25, 0.3) is 0 Å². The minimum absolute atomic E-state index is 0.145. The number of carboxylic acids is 1. The molecule has 0 bridgehead atoms. The average Bonchev–Trinajstić information content (AvgIpc) is 2.97. The van der Waals surface area contributed by atoms with Crippen LogP contribution in [0.1, 0.15) is 10.4 Å². The molecule has 0 radical (unpaired) electrons. The van der Waals surface area contributed by atoms with E-state index in [4.69, 9.17) is 10.8 Å². The predicted octanol–water partition coefficient (Wildman–Crippen LogP) is 2.34. The summed E-state index contributed by atoms with van der Waals surface area (Å²) < 4.78 is 1.60. The standard InChI is InChI=1S/C12H9N3O2S/c13-10-9(8-4-2-6-18-8)14-11-7(12(16)17)3-1-5-15(10)11/h1-6H,13H2,(H,16,17). The molecule has 90 valence electrons. The Morgan fingerprint density at radius 2 is 2.22 bits per heavy atom. The van der Waals surface area contributed by atoms with Gasteiger partial charge in [0.05, 0.1) is 4.88 Å². The summed E-state index contributed by atoms with van der Waals surface area (Å²) in [5, 5.41) is 11.0. The van der Waals surface area contributed by atoms with Crippen molar-refractivity contribution < 1.29 is 9.90 Å². The molecule has 5 nitrogen and oxygen atoms in total. The number of aromatic carboxylic acids is 1. The molecule has 3 aromatic heterocycles. The van der Waals surface area contributed by atoms with Gasteiger partial charge in [-0.25, -0.2) is 9.78 Å². The van der Waals surface area contributed by atoms with Crippen LogP contribution in [-0.4, -0.2) is 20.5 Å². The first-order valence-electron chi connectivity index (χ1n) is 5.22. The van der Waals surface area contributed by atoms with Gasteiger partial charge in [0.2, 0.25) is 0 Å². The monoisotopic (exact) mass is 259 g/mol. The zero-order chi connectivity index (χ0) is 12.7. The molecule has 6 heteroatoms. The normalized spacial score (nSPS) is 10.9. The molecule has 0 saturated heterocycles. The van der Waals surface area contributed by atoms with Crippen molar-refractivity contribution in [2.45, 2.75) is 0 Å². The van der Waals surface area contributed by atoms with Crippen LogP contribution in [0, 0.1) is 0 Å². The molecule has 0 aliphatic rings. The number of pyridine rings is 1. The molecule has 3 N–H and O–H groups in total. The third-order valence-corrected chi connectivity index (χ3v) is 3.55. The van der Waals surface area contributed by atoms with Crippen LogP contribution in [-0.2, 0) is 0 Å². The second-order valence-electron chi connectivity index (χ2n) is 3.74. The summed E-state index contributed by atoms with van der Waals surface area (Å²) in [6, 6.07) is 6.97. The largest absolute Gasteiger partial charge is 0.478 e. The summed E-state index contributed by atoms with van der Waals surface area (Å²) >= 11 is 1.52. The Morgan fingerprint density at radius 3 is 2.89 bits per heavy atom. The topological polar surface area (TPSA) is 80.6 Å². The van der Waals surface area contributed by atoms with Crippen molar-refractivity contribution >= 4 is 28.8 Å². The second kappa shape index (κ2) is 3.85. The van der Waals surface area contributed by atoms with Crippen LogP contribution >= 0.6 is 11.3 Å². The number of rotatable bonds is 2. The maximum atomic E-state index is 11.1. The van der Waals surface area contributed by atoms with E-state index in [0.717, 1.165) is 4.88 Å². The summed E-state index contributed by atoms with van der Waals surface area (Å²) in [5.74, 6) is -0.557. The van der Waals surface area contributed by atoms with Crippen LogP contribution in [0.15, 0.2) is 35.8 Å². The lowest BCUT2D eigenvalue weighted by atomic mass is 10.3. The third-order valence-electron chi connectivity index (χ3n) is 2.67. The lowest BCUT2D eigenvalue weighted by Crippen LogP contribution is -2.01. The molecule has 0 amide bonds. The Balaban J connectivity index is 2.34. The van der Waals surface area contributed by atoms with Crippen molar-refractivity contribution in [1.29, 1.82) is 0 Å². The summed E-state index contributed by atoms with van der Waals surface area (Å²) in [7, 11) is 0. The molecule has 0 saturated carbocycles. The molecule has 3 aromatic rings. The van der Waals surface area contributed by atoms with E-state index >= 15 is 0 Å². The maximum absolute atomic E-state index is 11.1. The van der Waals surface area contributed by atoms with Crippen LogP contribution in [0.25, 0.3) is 16.2 Å². The van der Waals surface area contributed by atoms with Gasteiger partial charge >= 0.3 is 5.97 Å². The first-order chi connectivity index (χ1) is 8.68. The highest BCUT2D eigenvalue weighted by atomic mass is 32.1. The SMILES string of the molecule is Nc1c(-c2cccs2)nc2c(C(=O)O)cccn12. The molecular weight excluding hydrogens is 250 g/mol. The second-order valence-corrected chi connectivity index (χ2v) is 4.69. The molecule has 0 spiro atoms. The van der Waals surface area contributed by atoms with Gasteiger partial charge in [0, 0.05) is 6.20 Å². The number of carboxylic acid groups (broad SMARTS) is 1. The van der Waals surface area contributed by atoms with E-state index in [0.29, 0.717) is 17.2 Å². The number of imidazole rings is 1. The minimum atomic E-state index is -1.01. The molecule has 0 atom stereocenters. The number of nitrogens with two attached hydrogens (primary N) is 1. The highest BCUT2D eigenvalue weighted by Gasteiger charge is 2.17. The number of aromatic nitrogens is 2. The summed E-state index contributed by atoms with van der Waals surface area (Å²) in [5.41, 5.74) is 7.15. The van der Waals surface area contributed by atoms with Crippen LogP contribution in [0.3, 0.4) is 0 Å². The van der Waals surface area contributed by atoms with E-state index in [1.807, 2.05) is 17.5 Å². The molecular formula is C12H9N3O2S.